The van der Waals surface area contributed by atoms with E-state index in [1.807, 2.05) is 30.0 Å². The summed E-state index contributed by atoms with van der Waals surface area (Å²) in [7, 11) is 0. The molecule has 1 aromatic carbocycles. The molecule has 1 aliphatic heterocycles. The van der Waals surface area contributed by atoms with E-state index in [4.69, 9.17) is 11.6 Å². The van der Waals surface area contributed by atoms with Gasteiger partial charge in [0.2, 0.25) is 0 Å². The number of nitrogens with one attached hydrogen (secondary N) is 1. The Kier molecular flexibility index (Phi) is 3.93. The minimum atomic E-state index is 0.0280. The van der Waals surface area contributed by atoms with Crippen LogP contribution in [0.25, 0.3) is 0 Å². The van der Waals surface area contributed by atoms with Crippen LogP contribution in [0.15, 0.2) is 18.2 Å². The molecule has 18 heavy (non-hydrogen) atoms. The van der Waals surface area contributed by atoms with Crippen molar-refractivity contribution >= 4 is 17.5 Å². The molecule has 0 radical (unpaired) electrons. The maximum absolute atomic E-state index is 12.4. The van der Waals surface area contributed by atoms with Crippen molar-refractivity contribution in [2.24, 2.45) is 0 Å². The van der Waals surface area contributed by atoms with Crippen molar-refractivity contribution in [2.75, 3.05) is 13.1 Å². The highest BCUT2D eigenvalue weighted by molar-refractivity contribution is 6.33. The number of nitrogens with zero attached hydrogens (tertiary/aromatic N) is 1. The lowest BCUT2D eigenvalue weighted by molar-refractivity contribution is 0.0674. The molecule has 1 heterocycles. The summed E-state index contributed by atoms with van der Waals surface area (Å²) in [5.41, 5.74) is 1.67. The molecule has 2 atom stereocenters. The number of piperazine rings is 1. The van der Waals surface area contributed by atoms with Crippen LogP contribution in [0.1, 0.15) is 29.8 Å². The molecule has 1 amide bonds. The molecule has 1 N–H and O–H groups in total. The highest BCUT2D eigenvalue weighted by Crippen LogP contribution is 2.20. The Balaban J connectivity index is 2.20. The van der Waals surface area contributed by atoms with Gasteiger partial charge in [-0.15, -0.1) is 0 Å². The SMILES string of the molecule is Cc1ccc(C(=O)N2CC(C)NC(C)C2)c(Cl)c1. The van der Waals surface area contributed by atoms with Crippen molar-refractivity contribution in [2.45, 2.75) is 32.9 Å². The van der Waals surface area contributed by atoms with Crippen LogP contribution >= 0.6 is 11.6 Å². The molecule has 98 valence electrons. The Labute approximate surface area is 113 Å². The molecule has 1 aliphatic rings. The summed E-state index contributed by atoms with van der Waals surface area (Å²) in [6.45, 7) is 7.61. The lowest BCUT2D eigenvalue weighted by Crippen LogP contribution is -2.55. The van der Waals surface area contributed by atoms with E-state index in [0.29, 0.717) is 22.7 Å². The van der Waals surface area contributed by atoms with Crippen molar-refractivity contribution in [3.05, 3.63) is 34.3 Å². The topological polar surface area (TPSA) is 32.3 Å². The van der Waals surface area contributed by atoms with Gasteiger partial charge in [-0.05, 0) is 38.5 Å². The first kappa shape index (κ1) is 13.4. The number of amides is 1. The first-order valence-electron chi connectivity index (χ1n) is 6.29. The van der Waals surface area contributed by atoms with Gasteiger partial charge in [-0.1, -0.05) is 17.7 Å². The second-order valence-corrected chi connectivity index (χ2v) is 5.57. The number of hydrogen-bond acceptors (Lipinski definition) is 2. The Morgan fingerprint density at radius 2 is 1.94 bits per heavy atom. The van der Waals surface area contributed by atoms with Gasteiger partial charge in [-0.2, -0.15) is 0 Å². The normalized spacial score (nSPS) is 24.1. The van der Waals surface area contributed by atoms with E-state index < -0.39 is 0 Å². The number of hydrogen-bond donors (Lipinski definition) is 1. The summed E-state index contributed by atoms with van der Waals surface area (Å²) >= 11 is 6.15. The summed E-state index contributed by atoms with van der Waals surface area (Å²) < 4.78 is 0. The average molecular weight is 267 g/mol. The standard InChI is InChI=1S/C14H19ClN2O/c1-9-4-5-12(13(15)6-9)14(18)17-7-10(2)16-11(3)8-17/h4-6,10-11,16H,7-8H2,1-3H3. The first-order valence-corrected chi connectivity index (χ1v) is 6.66. The lowest BCUT2D eigenvalue weighted by atomic mass is 10.1. The van der Waals surface area contributed by atoms with Gasteiger partial charge in [0, 0.05) is 25.2 Å². The molecular formula is C14H19ClN2O. The van der Waals surface area contributed by atoms with E-state index >= 15 is 0 Å². The second-order valence-electron chi connectivity index (χ2n) is 5.16. The second kappa shape index (κ2) is 5.29. The summed E-state index contributed by atoms with van der Waals surface area (Å²) in [6.07, 6.45) is 0. The molecule has 0 aliphatic carbocycles. The van der Waals surface area contributed by atoms with Crippen LogP contribution in [0.4, 0.5) is 0 Å². The molecule has 1 fully saturated rings. The van der Waals surface area contributed by atoms with E-state index in [-0.39, 0.29) is 5.91 Å². The van der Waals surface area contributed by atoms with Crippen molar-refractivity contribution in [1.29, 1.82) is 0 Å². The molecule has 0 spiro atoms. The maximum atomic E-state index is 12.4. The van der Waals surface area contributed by atoms with Gasteiger partial charge >= 0.3 is 0 Å². The Bertz CT molecular complexity index is 451. The highest BCUT2D eigenvalue weighted by atomic mass is 35.5. The fourth-order valence-corrected chi connectivity index (χ4v) is 2.77. The number of rotatable bonds is 1. The average Bonchev–Trinajstić information content (AvgIpc) is 2.26. The summed E-state index contributed by atoms with van der Waals surface area (Å²) in [5, 5.41) is 3.95. The number of carbonyl (C=O) groups excluding carboxylic acids is 1. The number of carbonyl (C=O) groups is 1. The van der Waals surface area contributed by atoms with Crippen molar-refractivity contribution < 1.29 is 4.79 Å². The van der Waals surface area contributed by atoms with Crippen molar-refractivity contribution in [3.8, 4) is 0 Å². The Morgan fingerprint density at radius 1 is 1.33 bits per heavy atom. The van der Waals surface area contributed by atoms with Crippen LogP contribution in [0, 0.1) is 6.92 Å². The van der Waals surface area contributed by atoms with Crippen LogP contribution in [-0.4, -0.2) is 36.0 Å². The summed E-state index contributed by atoms with van der Waals surface area (Å²) in [6, 6.07) is 6.22. The van der Waals surface area contributed by atoms with Crippen LogP contribution in [0.5, 0.6) is 0 Å². The third-order valence-electron chi connectivity index (χ3n) is 3.20. The molecule has 3 nitrogen and oxygen atoms in total. The molecule has 4 heteroatoms. The zero-order chi connectivity index (χ0) is 13.3. The van der Waals surface area contributed by atoms with E-state index in [1.165, 1.54) is 0 Å². The van der Waals surface area contributed by atoms with Crippen molar-refractivity contribution in [3.63, 3.8) is 0 Å². The van der Waals surface area contributed by atoms with E-state index in [1.54, 1.807) is 0 Å². The van der Waals surface area contributed by atoms with Gasteiger partial charge in [0.25, 0.3) is 5.91 Å². The van der Waals surface area contributed by atoms with Crippen LogP contribution in [-0.2, 0) is 0 Å². The minimum Gasteiger partial charge on any atom is -0.336 e. The van der Waals surface area contributed by atoms with Gasteiger partial charge in [-0.25, -0.2) is 0 Å². The molecule has 2 unspecified atom stereocenters. The lowest BCUT2D eigenvalue weighted by Gasteiger charge is -2.36. The Hall–Kier alpha value is -1.06. The fourth-order valence-electron chi connectivity index (χ4n) is 2.46. The molecule has 0 bridgehead atoms. The van der Waals surface area contributed by atoms with Crippen molar-refractivity contribution in [1.82, 2.24) is 10.2 Å². The quantitative estimate of drug-likeness (QED) is 0.847. The zero-order valence-electron chi connectivity index (χ0n) is 11.0. The summed E-state index contributed by atoms with van der Waals surface area (Å²) in [5.74, 6) is 0.0280. The largest absolute Gasteiger partial charge is 0.336 e. The smallest absolute Gasteiger partial charge is 0.255 e. The minimum absolute atomic E-state index is 0.0280. The molecule has 1 saturated heterocycles. The molecule has 1 aromatic rings. The third-order valence-corrected chi connectivity index (χ3v) is 3.51. The Morgan fingerprint density at radius 3 is 2.50 bits per heavy atom. The van der Waals surface area contributed by atoms with Crippen LogP contribution < -0.4 is 5.32 Å². The summed E-state index contributed by atoms with van der Waals surface area (Å²) in [4.78, 5) is 14.3. The third kappa shape index (κ3) is 2.85. The van der Waals surface area contributed by atoms with Crippen LogP contribution in [0.2, 0.25) is 5.02 Å². The van der Waals surface area contributed by atoms with E-state index in [9.17, 15) is 4.79 Å². The van der Waals surface area contributed by atoms with Gasteiger partial charge in [-0.3, -0.25) is 4.79 Å². The van der Waals surface area contributed by atoms with Gasteiger partial charge in [0.1, 0.15) is 0 Å². The molecular weight excluding hydrogens is 248 g/mol. The van der Waals surface area contributed by atoms with E-state index in [0.717, 1.165) is 18.7 Å². The predicted octanol–water partition coefficient (Wildman–Crippen LogP) is 2.47. The van der Waals surface area contributed by atoms with Crippen LogP contribution in [0.3, 0.4) is 0 Å². The van der Waals surface area contributed by atoms with E-state index in [2.05, 4.69) is 19.2 Å². The fraction of sp³-hybridized carbons (Fsp3) is 0.500. The van der Waals surface area contributed by atoms with Gasteiger partial charge in [0.15, 0.2) is 0 Å². The maximum Gasteiger partial charge on any atom is 0.255 e. The number of aryl methyl sites for hydroxylation is 1. The van der Waals surface area contributed by atoms with Gasteiger partial charge in [0.05, 0.1) is 10.6 Å². The monoisotopic (exact) mass is 266 g/mol. The molecule has 0 aromatic heterocycles. The van der Waals surface area contributed by atoms with Gasteiger partial charge < -0.3 is 10.2 Å². The molecule has 0 saturated carbocycles. The number of halogens is 1. The molecule has 2 rings (SSSR count). The first-order chi connectivity index (χ1) is 8.47. The number of benzene rings is 1. The highest BCUT2D eigenvalue weighted by Gasteiger charge is 2.26. The predicted molar refractivity (Wildman–Crippen MR) is 74.2 cm³/mol. The zero-order valence-corrected chi connectivity index (χ0v) is 11.8.